The van der Waals surface area contributed by atoms with Crippen molar-refractivity contribution in [3.05, 3.63) is 89.5 Å². The van der Waals surface area contributed by atoms with Gasteiger partial charge in [0.1, 0.15) is 11.5 Å². The number of carboxylic acids is 1. The van der Waals surface area contributed by atoms with E-state index in [1.807, 2.05) is 35.0 Å². The number of aromatic nitrogens is 1. The second-order valence-corrected chi connectivity index (χ2v) is 6.70. The van der Waals surface area contributed by atoms with Crippen molar-refractivity contribution in [3.63, 3.8) is 0 Å². The number of rotatable bonds is 7. The minimum atomic E-state index is -1.11. The summed E-state index contributed by atoms with van der Waals surface area (Å²) >= 11 is 0. The minimum Gasteiger partial charge on any atom is -0.496 e. The van der Waals surface area contributed by atoms with Gasteiger partial charge in [-0.05, 0) is 30.3 Å². The third-order valence-electron chi connectivity index (χ3n) is 4.74. The summed E-state index contributed by atoms with van der Waals surface area (Å²) in [5.41, 5.74) is 4.62. The molecule has 2 N–H and O–H groups in total. The molecule has 0 aliphatic rings. The Hall–Kier alpha value is -4.33. The Morgan fingerprint density at radius 2 is 1.90 bits per heavy atom. The maximum Gasteiger partial charge on any atom is 0.371 e. The molecule has 0 radical (unpaired) electrons. The highest BCUT2D eigenvalue weighted by molar-refractivity contribution is 6.01. The molecular weight excluding hydrogens is 398 g/mol. The number of aromatic carboxylic acids is 1. The number of fused-ring (bicyclic) bond motifs is 1. The lowest BCUT2D eigenvalue weighted by Gasteiger charge is -2.05. The Balaban J connectivity index is 1.56. The van der Waals surface area contributed by atoms with E-state index in [0.717, 1.165) is 16.5 Å². The molecule has 31 heavy (non-hydrogen) atoms. The minimum absolute atomic E-state index is 0.104. The number of benzene rings is 2. The van der Waals surface area contributed by atoms with Gasteiger partial charge in [-0.15, -0.1) is 0 Å². The molecule has 0 aliphatic carbocycles. The van der Waals surface area contributed by atoms with E-state index in [-0.39, 0.29) is 11.7 Å². The summed E-state index contributed by atoms with van der Waals surface area (Å²) in [7, 11) is 1.50. The molecule has 0 fully saturated rings. The van der Waals surface area contributed by atoms with Crippen molar-refractivity contribution in [3.8, 4) is 5.75 Å². The summed E-state index contributed by atoms with van der Waals surface area (Å²) < 4.78 is 12.5. The molecule has 4 aromatic rings. The lowest BCUT2D eigenvalue weighted by Crippen LogP contribution is -2.18. The molecule has 0 unspecified atom stereocenters. The number of carbonyl (C=O) groups is 2. The Morgan fingerprint density at radius 3 is 2.68 bits per heavy atom. The van der Waals surface area contributed by atoms with E-state index in [2.05, 4.69) is 10.5 Å². The predicted octanol–water partition coefficient (Wildman–Crippen LogP) is 3.75. The zero-order chi connectivity index (χ0) is 21.8. The highest BCUT2D eigenvalue weighted by Crippen LogP contribution is 2.22. The Morgan fingerprint density at radius 1 is 1.13 bits per heavy atom. The van der Waals surface area contributed by atoms with Crippen LogP contribution in [0.1, 0.15) is 32.2 Å². The fourth-order valence-electron chi connectivity index (χ4n) is 3.31. The van der Waals surface area contributed by atoms with Crippen LogP contribution in [0.2, 0.25) is 0 Å². The summed E-state index contributed by atoms with van der Waals surface area (Å²) in [4.78, 5) is 23.5. The van der Waals surface area contributed by atoms with Crippen molar-refractivity contribution in [1.82, 2.24) is 9.99 Å². The number of hydrogen-bond acceptors (Lipinski definition) is 5. The van der Waals surface area contributed by atoms with E-state index in [9.17, 15) is 9.59 Å². The number of nitrogens with zero attached hydrogens (tertiary/aromatic N) is 2. The van der Waals surface area contributed by atoms with Crippen LogP contribution in [0, 0.1) is 0 Å². The number of ether oxygens (including phenoxy) is 1. The van der Waals surface area contributed by atoms with Gasteiger partial charge in [0.2, 0.25) is 5.76 Å². The van der Waals surface area contributed by atoms with Gasteiger partial charge in [0, 0.05) is 22.7 Å². The van der Waals surface area contributed by atoms with Gasteiger partial charge in [-0.2, -0.15) is 5.10 Å². The fourth-order valence-corrected chi connectivity index (χ4v) is 3.31. The second kappa shape index (κ2) is 8.58. The Kier molecular flexibility index (Phi) is 5.53. The van der Waals surface area contributed by atoms with Crippen LogP contribution in [-0.2, 0) is 6.54 Å². The largest absolute Gasteiger partial charge is 0.496 e. The first kappa shape index (κ1) is 20.0. The van der Waals surface area contributed by atoms with Gasteiger partial charge in [-0.3, -0.25) is 4.79 Å². The van der Waals surface area contributed by atoms with E-state index in [1.54, 1.807) is 36.5 Å². The average molecular weight is 417 g/mol. The maximum absolute atomic E-state index is 12.4. The fraction of sp³-hybridized carbons (Fsp3) is 0.0870. The predicted molar refractivity (Wildman–Crippen MR) is 115 cm³/mol. The molecule has 1 amide bonds. The van der Waals surface area contributed by atoms with Crippen LogP contribution in [0.15, 0.2) is 76.4 Å². The smallest absolute Gasteiger partial charge is 0.371 e. The molecule has 4 rings (SSSR count). The van der Waals surface area contributed by atoms with Crippen molar-refractivity contribution in [2.45, 2.75) is 6.54 Å². The normalized spacial score (nSPS) is 11.1. The molecule has 0 spiro atoms. The first-order chi connectivity index (χ1) is 15.1. The number of carboxylic acid groups (broad SMARTS) is 1. The third kappa shape index (κ3) is 4.18. The monoisotopic (exact) mass is 417 g/mol. The van der Waals surface area contributed by atoms with Gasteiger partial charge < -0.3 is 18.8 Å². The van der Waals surface area contributed by atoms with Gasteiger partial charge >= 0.3 is 5.97 Å². The zero-order valence-corrected chi connectivity index (χ0v) is 16.6. The first-order valence-electron chi connectivity index (χ1n) is 9.43. The third-order valence-corrected chi connectivity index (χ3v) is 4.74. The number of hydrogen-bond donors (Lipinski definition) is 2. The summed E-state index contributed by atoms with van der Waals surface area (Å²) in [6, 6.07) is 17.7. The van der Waals surface area contributed by atoms with Crippen LogP contribution < -0.4 is 10.2 Å². The summed E-state index contributed by atoms with van der Waals surface area (Å²) in [5.74, 6) is -0.610. The average Bonchev–Trinajstić information content (AvgIpc) is 3.39. The lowest BCUT2D eigenvalue weighted by molar-refractivity contribution is 0.0660. The maximum atomic E-state index is 12.4. The van der Waals surface area contributed by atoms with Crippen molar-refractivity contribution in [2.75, 3.05) is 7.11 Å². The van der Waals surface area contributed by atoms with Crippen molar-refractivity contribution < 1.29 is 23.8 Å². The molecule has 8 nitrogen and oxygen atoms in total. The number of furan rings is 1. The van der Waals surface area contributed by atoms with E-state index < -0.39 is 5.97 Å². The van der Waals surface area contributed by atoms with E-state index >= 15 is 0 Å². The quantitative estimate of drug-likeness (QED) is 0.352. The summed E-state index contributed by atoms with van der Waals surface area (Å²) in [6.45, 7) is 0.356. The Labute approximate surface area is 177 Å². The highest BCUT2D eigenvalue weighted by atomic mass is 16.5. The standard InChI is InChI=1S/C23H19N3O5/c1-30-20-9-5-3-7-18(20)22(27)25-24-12-15-13-26(19-8-4-2-6-17(15)19)14-16-10-11-21(31-16)23(28)29/h2-13H,14H2,1H3,(H,25,27)(H,28,29)/b24-12-. The van der Waals surface area contributed by atoms with Crippen LogP contribution in [0.4, 0.5) is 0 Å². The molecule has 2 heterocycles. The molecule has 0 saturated heterocycles. The van der Waals surface area contributed by atoms with Gasteiger partial charge in [0.15, 0.2) is 0 Å². The van der Waals surface area contributed by atoms with E-state index in [1.165, 1.54) is 13.2 Å². The number of para-hydroxylation sites is 2. The number of hydrazone groups is 1. The van der Waals surface area contributed by atoms with E-state index in [0.29, 0.717) is 23.6 Å². The van der Waals surface area contributed by atoms with Gasteiger partial charge in [0.05, 0.1) is 25.4 Å². The number of amides is 1. The summed E-state index contributed by atoms with van der Waals surface area (Å²) in [6.07, 6.45) is 3.43. The molecular formula is C23H19N3O5. The number of nitrogens with one attached hydrogen (secondary N) is 1. The molecule has 2 aromatic carbocycles. The molecule has 0 aliphatic heterocycles. The van der Waals surface area contributed by atoms with E-state index in [4.69, 9.17) is 14.3 Å². The van der Waals surface area contributed by atoms with Gasteiger partial charge in [-0.25, -0.2) is 10.2 Å². The van der Waals surface area contributed by atoms with Crippen LogP contribution in [0.3, 0.4) is 0 Å². The highest BCUT2D eigenvalue weighted by Gasteiger charge is 2.13. The van der Waals surface area contributed by atoms with Crippen molar-refractivity contribution >= 4 is 29.0 Å². The first-order valence-corrected chi connectivity index (χ1v) is 9.43. The van der Waals surface area contributed by atoms with Crippen LogP contribution in [-0.4, -0.2) is 34.9 Å². The second-order valence-electron chi connectivity index (χ2n) is 6.70. The molecule has 8 heteroatoms. The lowest BCUT2D eigenvalue weighted by atomic mass is 10.2. The molecule has 0 bridgehead atoms. The summed E-state index contributed by atoms with van der Waals surface area (Å²) in [5, 5.41) is 14.1. The molecule has 2 aromatic heterocycles. The molecule has 0 atom stereocenters. The van der Waals surface area contributed by atoms with Gasteiger partial charge in [-0.1, -0.05) is 30.3 Å². The number of methoxy groups -OCH3 is 1. The van der Waals surface area contributed by atoms with Gasteiger partial charge in [0.25, 0.3) is 5.91 Å². The molecule has 156 valence electrons. The van der Waals surface area contributed by atoms with Crippen molar-refractivity contribution in [2.24, 2.45) is 5.10 Å². The topological polar surface area (TPSA) is 106 Å². The zero-order valence-electron chi connectivity index (χ0n) is 16.6. The molecule has 0 saturated carbocycles. The Bertz CT molecular complexity index is 1290. The van der Waals surface area contributed by atoms with Crippen LogP contribution in [0.25, 0.3) is 10.9 Å². The SMILES string of the molecule is COc1ccccc1C(=O)N/N=C\c1cn(Cc2ccc(C(=O)O)o2)c2ccccc12. The van der Waals surface area contributed by atoms with Crippen molar-refractivity contribution in [1.29, 1.82) is 0 Å². The van der Waals surface area contributed by atoms with Crippen LogP contribution >= 0.6 is 0 Å². The number of carbonyl (C=O) groups excluding carboxylic acids is 1. The van der Waals surface area contributed by atoms with Crippen LogP contribution in [0.5, 0.6) is 5.75 Å².